The molecular formula is C25H45IN4O2. The largest absolute Gasteiger partial charge is 0.494 e. The Balaban J connectivity index is 0.00000512. The van der Waals surface area contributed by atoms with E-state index in [4.69, 9.17) is 9.47 Å². The second-order valence-corrected chi connectivity index (χ2v) is 8.49. The van der Waals surface area contributed by atoms with Crippen LogP contribution in [0, 0.1) is 0 Å². The van der Waals surface area contributed by atoms with Crippen molar-refractivity contribution in [2.45, 2.75) is 64.8 Å². The van der Waals surface area contributed by atoms with Crippen LogP contribution < -0.4 is 15.4 Å². The third kappa shape index (κ3) is 9.06. The summed E-state index contributed by atoms with van der Waals surface area (Å²) in [5.41, 5.74) is 1.39. The highest BCUT2D eigenvalue weighted by Crippen LogP contribution is 2.35. The lowest BCUT2D eigenvalue weighted by Crippen LogP contribution is -2.49. The Bertz CT molecular complexity index is 644. The number of nitrogens with one attached hydrogen (secondary N) is 2. The van der Waals surface area contributed by atoms with Crippen molar-refractivity contribution in [1.82, 2.24) is 15.5 Å². The van der Waals surface area contributed by atoms with Crippen molar-refractivity contribution in [1.29, 1.82) is 0 Å². The zero-order valence-electron chi connectivity index (χ0n) is 20.8. The van der Waals surface area contributed by atoms with Gasteiger partial charge in [-0.15, -0.1) is 24.0 Å². The van der Waals surface area contributed by atoms with Crippen molar-refractivity contribution in [2.24, 2.45) is 4.99 Å². The van der Waals surface area contributed by atoms with Gasteiger partial charge in [0.1, 0.15) is 5.75 Å². The summed E-state index contributed by atoms with van der Waals surface area (Å²) < 4.78 is 11.3. The molecule has 0 spiro atoms. The van der Waals surface area contributed by atoms with Crippen LogP contribution in [0.25, 0.3) is 0 Å². The lowest BCUT2D eigenvalue weighted by Gasteiger charge is -2.38. The summed E-state index contributed by atoms with van der Waals surface area (Å²) in [6.45, 7) is 15.2. The molecule has 0 aliphatic carbocycles. The molecule has 1 heterocycles. The minimum Gasteiger partial charge on any atom is -0.494 e. The molecule has 0 bridgehead atoms. The first-order valence-electron chi connectivity index (χ1n) is 12.1. The van der Waals surface area contributed by atoms with Gasteiger partial charge in [0.2, 0.25) is 0 Å². The standard InChI is InChI=1S/C25H44N4O2.HI/c1-6-29(7-2)17-9-10-21(4)28-24(26-5)27-20-25(15-18-30-19-16-25)22-11-13-23(14-12-22)31-8-3;/h11-14,21H,6-10,15-20H2,1-5H3,(H2,26,27,28);1H. The molecule has 0 saturated carbocycles. The van der Waals surface area contributed by atoms with E-state index in [0.717, 1.165) is 70.4 Å². The molecule has 1 aliphatic heterocycles. The molecule has 1 unspecified atom stereocenters. The predicted octanol–water partition coefficient (Wildman–Crippen LogP) is 4.43. The molecular weight excluding hydrogens is 515 g/mol. The number of benzene rings is 1. The first-order valence-corrected chi connectivity index (χ1v) is 12.1. The van der Waals surface area contributed by atoms with Crippen molar-refractivity contribution in [3.05, 3.63) is 29.8 Å². The molecule has 1 atom stereocenters. The van der Waals surface area contributed by atoms with E-state index < -0.39 is 0 Å². The summed E-state index contributed by atoms with van der Waals surface area (Å²) in [5, 5.41) is 7.19. The molecule has 7 heteroatoms. The molecule has 2 N–H and O–H groups in total. The highest BCUT2D eigenvalue weighted by atomic mass is 127. The molecule has 1 saturated heterocycles. The van der Waals surface area contributed by atoms with Crippen LogP contribution in [0.3, 0.4) is 0 Å². The average molecular weight is 561 g/mol. The van der Waals surface area contributed by atoms with Crippen LogP contribution in [-0.4, -0.2) is 69.9 Å². The van der Waals surface area contributed by atoms with E-state index in [1.807, 2.05) is 14.0 Å². The van der Waals surface area contributed by atoms with E-state index in [1.54, 1.807) is 0 Å². The van der Waals surface area contributed by atoms with E-state index in [2.05, 4.69) is 65.6 Å². The van der Waals surface area contributed by atoms with Gasteiger partial charge in [-0.3, -0.25) is 4.99 Å². The number of rotatable bonds is 12. The number of nitrogens with zero attached hydrogens (tertiary/aromatic N) is 2. The van der Waals surface area contributed by atoms with Crippen LogP contribution in [-0.2, 0) is 10.2 Å². The molecule has 0 aromatic heterocycles. The number of hydrogen-bond acceptors (Lipinski definition) is 4. The van der Waals surface area contributed by atoms with Crippen molar-refractivity contribution in [3.63, 3.8) is 0 Å². The predicted molar refractivity (Wildman–Crippen MR) is 146 cm³/mol. The summed E-state index contributed by atoms with van der Waals surface area (Å²) in [6.07, 6.45) is 4.34. The Labute approximate surface area is 212 Å². The Kier molecular flexibility index (Phi) is 14.2. The van der Waals surface area contributed by atoms with Crippen molar-refractivity contribution >= 4 is 29.9 Å². The molecule has 2 rings (SSSR count). The lowest BCUT2D eigenvalue weighted by molar-refractivity contribution is 0.0513. The van der Waals surface area contributed by atoms with Crippen LogP contribution in [0.1, 0.15) is 58.9 Å². The maximum absolute atomic E-state index is 5.69. The van der Waals surface area contributed by atoms with Gasteiger partial charge < -0.3 is 25.0 Å². The summed E-state index contributed by atoms with van der Waals surface area (Å²) >= 11 is 0. The zero-order chi connectivity index (χ0) is 22.5. The maximum atomic E-state index is 5.69. The molecule has 6 nitrogen and oxygen atoms in total. The molecule has 1 aliphatic rings. The third-order valence-corrected chi connectivity index (χ3v) is 6.43. The fourth-order valence-electron chi connectivity index (χ4n) is 4.32. The Morgan fingerprint density at radius 1 is 1.16 bits per heavy atom. The number of guanidine groups is 1. The van der Waals surface area contributed by atoms with Gasteiger partial charge in [-0.1, -0.05) is 26.0 Å². The molecule has 184 valence electrons. The molecule has 0 amide bonds. The fourth-order valence-corrected chi connectivity index (χ4v) is 4.32. The molecule has 32 heavy (non-hydrogen) atoms. The van der Waals surface area contributed by atoms with E-state index in [-0.39, 0.29) is 29.4 Å². The molecule has 1 fully saturated rings. The Morgan fingerprint density at radius 2 is 1.81 bits per heavy atom. The highest BCUT2D eigenvalue weighted by molar-refractivity contribution is 14.0. The van der Waals surface area contributed by atoms with Crippen LogP contribution in [0.4, 0.5) is 0 Å². The van der Waals surface area contributed by atoms with E-state index in [1.165, 1.54) is 12.0 Å². The zero-order valence-corrected chi connectivity index (χ0v) is 23.1. The van der Waals surface area contributed by atoms with E-state index in [9.17, 15) is 0 Å². The summed E-state index contributed by atoms with van der Waals surface area (Å²) in [5.74, 6) is 1.81. The van der Waals surface area contributed by atoms with Gasteiger partial charge in [0, 0.05) is 38.3 Å². The Hall–Kier alpha value is -1.06. The van der Waals surface area contributed by atoms with E-state index >= 15 is 0 Å². The summed E-state index contributed by atoms with van der Waals surface area (Å²) in [7, 11) is 1.85. The molecule has 0 radical (unpaired) electrons. The van der Waals surface area contributed by atoms with Gasteiger partial charge >= 0.3 is 0 Å². The van der Waals surface area contributed by atoms with Gasteiger partial charge in [0.15, 0.2) is 5.96 Å². The molecule has 1 aromatic rings. The van der Waals surface area contributed by atoms with Gasteiger partial charge in [-0.25, -0.2) is 0 Å². The lowest BCUT2D eigenvalue weighted by atomic mass is 9.74. The second-order valence-electron chi connectivity index (χ2n) is 8.49. The quantitative estimate of drug-likeness (QED) is 0.225. The summed E-state index contributed by atoms with van der Waals surface area (Å²) in [4.78, 5) is 6.96. The van der Waals surface area contributed by atoms with Gasteiger partial charge in [-0.05, 0) is 76.9 Å². The highest BCUT2D eigenvalue weighted by Gasteiger charge is 2.34. The van der Waals surface area contributed by atoms with Crippen molar-refractivity contribution < 1.29 is 9.47 Å². The maximum Gasteiger partial charge on any atom is 0.191 e. The number of halogens is 1. The third-order valence-electron chi connectivity index (χ3n) is 6.43. The van der Waals surface area contributed by atoms with Crippen LogP contribution in [0.15, 0.2) is 29.3 Å². The average Bonchev–Trinajstić information content (AvgIpc) is 2.81. The second kappa shape index (κ2) is 15.7. The number of ether oxygens (including phenoxy) is 2. The fraction of sp³-hybridized carbons (Fsp3) is 0.720. The SMILES string of the molecule is CCOc1ccc(C2(CNC(=NC)NC(C)CCCN(CC)CC)CCOCC2)cc1.I. The minimum absolute atomic E-state index is 0. The summed E-state index contributed by atoms with van der Waals surface area (Å²) in [6, 6.07) is 8.98. The van der Waals surface area contributed by atoms with Crippen LogP contribution in [0.5, 0.6) is 5.75 Å². The first kappa shape index (κ1) is 29.0. The van der Waals surface area contributed by atoms with Crippen molar-refractivity contribution in [3.8, 4) is 5.75 Å². The van der Waals surface area contributed by atoms with Crippen LogP contribution in [0.2, 0.25) is 0 Å². The number of aliphatic imine (C=N–C) groups is 1. The normalized spacial score (nSPS) is 16.9. The van der Waals surface area contributed by atoms with E-state index in [0.29, 0.717) is 12.6 Å². The molecule has 1 aromatic carbocycles. The monoisotopic (exact) mass is 560 g/mol. The smallest absolute Gasteiger partial charge is 0.191 e. The topological polar surface area (TPSA) is 58.1 Å². The van der Waals surface area contributed by atoms with Gasteiger partial charge in [0.05, 0.1) is 6.61 Å². The van der Waals surface area contributed by atoms with Gasteiger partial charge in [0.25, 0.3) is 0 Å². The van der Waals surface area contributed by atoms with Crippen LogP contribution >= 0.6 is 24.0 Å². The number of hydrogen-bond donors (Lipinski definition) is 2. The minimum atomic E-state index is 0. The first-order chi connectivity index (χ1) is 15.1. The van der Waals surface area contributed by atoms with Crippen molar-refractivity contribution in [2.75, 3.05) is 53.0 Å². The Morgan fingerprint density at radius 3 is 2.38 bits per heavy atom. The van der Waals surface area contributed by atoms with Gasteiger partial charge in [-0.2, -0.15) is 0 Å².